The number of amides is 1. The summed E-state index contributed by atoms with van der Waals surface area (Å²) < 4.78 is 16.0. The quantitative estimate of drug-likeness (QED) is 0.659. The lowest BCUT2D eigenvalue weighted by atomic mass is 10.2. The molecule has 1 heterocycles. The number of hydrogen-bond donors (Lipinski definition) is 1. The van der Waals surface area contributed by atoms with Gasteiger partial charge in [-0.15, -0.1) is 10.2 Å². The van der Waals surface area contributed by atoms with Crippen LogP contribution in [0.2, 0.25) is 5.02 Å². The molecule has 0 radical (unpaired) electrons. The van der Waals surface area contributed by atoms with E-state index in [2.05, 4.69) is 15.5 Å². The van der Waals surface area contributed by atoms with Crippen molar-refractivity contribution >= 4 is 23.2 Å². The van der Waals surface area contributed by atoms with E-state index in [1.54, 1.807) is 12.1 Å². The summed E-state index contributed by atoms with van der Waals surface area (Å²) in [6.07, 6.45) is 0.484. The Morgan fingerprint density at radius 1 is 1.11 bits per heavy atom. The first-order chi connectivity index (χ1) is 13.1. The third-order valence-electron chi connectivity index (χ3n) is 3.80. The Balaban J connectivity index is 1.61. The van der Waals surface area contributed by atoms with E-state index in [4.69, 9.17) is 25.5 Å². The van der Waals surface area contributed by atoms with Crippen LogP contribution in [0.25, 0.3) is 11.5 Å². The van der Waals surface area contributed by atoms with Crippen molar-refractivity contribution in [2.45, 2.75) is 12.8 Å². The Bertz CT molecular complexity index is 928. The zero-order valence-corrected chi connectivity index (χ0v) is 15.6. The number of nitrogens with one attached hydrogen (secondary N) is 1. The number of methoxy groups -OCH3 is 2. The van der Waals surface area contributed by atoms with E-state index >= 15 is 0 Å². The van der Waals surface area contributed by atoms with E-state index in [-0.39, 0.29) is 12.3 Å². The maximum absolute atomic E-state index is 12.2. The predicted molar refractivity (Wildman–Crippen MR) is 101 cm³/mol. The lowest BCUT2D eigenvalue weighted by Gasteiger charge is -2.12. The number of anilines is 1. The molecule has 0 bridgehead atoms. The minimum atomic E-state index is -0.233. The Hall–Kier alpha value is -3.06. The van der Waals surface area contributed by atoms with Crippen LogP contribution in [0.5, 0.6) is 11.5 Å². The van der Waals surface area contributed by atoms with Crippen LogP contribution >= 0.6 is 11.6 Å². The summed E-state index contributed by atoms with van der Waals surface area (Å²) in [6, 6.07) is 12.6. The maximum atomic E-state index is 12.2. The van der Waals surface area contributed by atoms with Gasteiger partial charge < -0.3 is 19.2 Å². The first kappa shape index (κ1) is 18.7. The fourth-order valence-electron chi connectivity index (χ4n) is 2.44. The van der Waals surface area contributed by atoms with Crippen molar-refractivity contribution in [3.8, 4) is 23.0 Å². The largest absolute Gasteiger partial charge is 0.493 e. The predicted octanol–water partition coefficient (Wildman–Crippen LogP) is 3.98. The van der Waals surface area contributed by atoms with E-state index in [0.29, 0.717) is 40.4 Å². The summed E-state index contributed by atoms with van der Waals surface area (Å²) in [7, 11) is 3.03. The number of aromatic nitrogens is 2. The third kappa shape index (κ3) is 4.57. The van der Waals surface area contributed by atoms with Crippen LogP contribution in [0.1, 0.15) is 12.3 Å². The van der Waals surface area contributed by atoms with Crippen LogP contribution in [0.15, 0.2) is 46.9 Å². The summed E-state index contributed by atoms with van der Waals surface area (Å²) in [5.41, 5.74) is 1.27. The molecular weight excluding hydrogens is 370 g/mol. The zero-order chi connectivity index (χ0) is 19.2. The molecular formula is C19H18ClN3O4. The highest BCUT2D eigenvalue weighted by Crippen LogP contribution is 2.36. The topological polar surface area (TPSA) is 86.5 Å². The highest BCUT2D eigenvalue weighted by molar-refractivity contribution is 6.34. The number of carbonyl (C=O) groups is 1. The molecule has 2 aromatic carbocycles. The molecule has 140 valence electrons. The molecule has 0 aliphatic heterocycles. The fourth-order valence-corrected chi connectivity index (χ4v) is 2.64. The van der Waals surface area contributed by atoms with Gasteiger partial charge in [-0.05, 0) is 12.1 Å². The van der Waals surface area contributed by atoms with Crippen molar-refractivity contribution in [1.29, 1.82) is 0 Å². The Kier molecular flexibility index (Phi) is 5.93. The standard InChI is InChI=1S/C19H18ClN3O4/c1-25-15-10-13(20)14(11-16(15)26-2)21-17(24)8-9-18-22-23-19(27-18)12-6-4-3-5-7-12/h3-7,10-11H,8-9H2,1-2H3,(H,21,24). The van der Waals surface area contributed by atoms with E-state index in [9.17, 15) is 4.79 Å². The Morgan fingerprint density at radius 3 is 2.52 bits per heavy atom. The molecule has 0 aliphatic rings. The molecule has 0 aliphatic carbocycles. The normalized spacial score (nSPS) is 10.5. The van der Waals surface area contributed by atoms with Crippen molar-refractivity contribution in [2.75, 3.05) is 19.5 Å². The van der Waals surface area contributed by atoms with E-state index in [1.165, 1.54) is 14.2 Å². The first-order valence-electron chi connectivity index (χ1n) is 8.20. The summed E-state index contributed by atoms with van der Waals surface area (Å²) in [5, 5.41) is 11.1. The van der Waals surface area contributed by atoms with Gasteiger partial charge in [0.2, 0.25) is 17.7 Å². The number of nitrogens with zero attached hydrogens (tertiary/aromatic N) is 2. The lowest BCUT2D eigenvalue weighted by molar-refractivity contribution is -0.116. The van der Waals surface area contributed by atoms with Crippen molar-refractivity contribution in [3.63, 3.8) is 0 Å². The number of rotatable bonds is 7. The summed E-state index contributed by atoms with van der Waals surface area (Å²) >= 11 is 6.18. The van der Waals surface area contributed by atoms with Crippen molar-refractivity contribution in [3.05, 3.63) is 53.4 Å². The Labute approximate surface area is 161 Å². The summed E-state index contributed by atoms with van der Waals surface area (Å²) in [6.45, 7) is 0. The number of aryl methyl sites for hydroxylation is 1. The number of hydrogen-bond acceptors (Lipinski definition) is 6. The van der Waals surface area contributed by atoms with Gasteiger partial charge in [-0.1, -0.05) is 29.8 Å². The van der Waals surface area contributed by atoms with Crippen LogP contribution in [0.4, 0.5) is 5.69 Å². The van der Waals surface area contributed by atoms with Gasteiger partial charge in [-0.3, -0.25) is 4.79 Å². The van der Waals surface area contributed by atoms with Gasteiger partial charge in [0.1, 0.15) is 0 Å². The molecule has 7 nitrogen and oxygen atoms in total. The monoisotopic (exact) mass is 387 g/mol. The molecule has 0 atom stereocenters. The second kappa shape index (κ2) is 8.55. The molecule has 1 aromatic heterocycles. The lowest BCUT2D eigenvalue weighted by Crippen LogP contribution is -2.13. The summed E-state index contributed by atoms with van der Waals surface area (Å²) in [5.74, 6) is 1.54. The van der Waals surface area contributed by atoms with Crippen LogP contribution in [0, 0.1) is 0 Å². The van der Waals surface area contributed by atoms with Crippen molar-refractivity contribution in [2.24, 2.45) is 0 Å². The average molecular weight is 388 g/mol. The molecule has 0 saturated carbocycles. The molecule has 1 amide bonds. The number of carbonyl (C=O) groups excluding carboxylic acids is 1. The van der Waals surface area contributed by atoms with E-state index in [1.807, 2.05) is 30.3 Å². The third-order valence-corrected chi connectivity index (χ3v) is 4.11. The van der Waals surface area contributed by atoms with E-state index in [0.717, 1.165) is 5.56 Å². The van der Waals surface area contributed by atoms with Gasteiger partial charge in [0, 0.05) is 30.5 Å². The molecule has 8 heteroatoms. The molecule has 1 N–H and O–H groups in total. The Morgan fingerprint density at radius 2 is 1.81 bits per heavy atom. The van der Waals surface area contributed by atoms with Gasteiger partial charge in [-0.2, -0.15) is 0 Å². The molecule has 3 rings (SSSR count). The summed E-state index contributed by atoms with van der Waals surface area (Å²) in [4.78, 5) is 12.2. The molecule has 0 unspecified atom stereocenters. The highest BCUT2D eigenvalue weighted by Gasteiger charge is 2.14. The smallest absolute Gasteiger partial charge is 0.247 e. The number of benzene rings is 2. The van der Waals surface area contributed by atoms with Crippen molar-refractivity contribution in [1.82, 2.24) is 10.2 Å². The first-order valence-corrected chi connectivity index (χ1v) is 8.57. The molecule has 3 aromatic rings. The van der Waals surface area contributed by atoms with Crippen molar-refractivity contribution < 1.29 is 18.7 Å². The van der Waals surface area contributed by atoms with Gasteiger partial charge in [0.15, 0.2) is 11.5 Å². The SMILES string of the molecule is COc1cc(Cl)c(NC(=O)CCc2nnc(-c3ccccc3)o2)cc1OC. The second-order valence-corrected chi connectivity index (χ2v) is 6.01. The minimum absolute atomic E-state index is 0.168. The van der Waals surface area contributed by atoms with Crippen LogP contribution in [-0.4, -0.2) is 30.3 Å². The molecule has 27 heavy (non-hydrogen) atoms. The highest BCUT2D eigenvalue weighted by atomic mass is 35.5. The fraction of sp³-hybridized carbons (Fsp3) is 0.211. The van der Waals surface area contributed by atoms with Crippen LogP contribution < -0.4 is 14.8 Å². The zero-order valence-electron chi connectivity index (χ0n) is 14.9. The minimum Gasteiger partial charge on any atom is -0.493 e. The number of ether oxygens (including phenoxy) is 2. The number of halogens is 1. The van der Waals surface area contributed by atoms with Crippen LogP contribution in [0.3, 0.4) is 0 Å². The van der Waals surface area contributed by atoms with Gasteiger partial charge in [0.05, 0.1) is 24.9 Å². The maximum Gasteiger partial charge on any atom is 0.247 e. The van der Waals surface area contributed by atoms with Gasteiger partial charge in [0.25, 0.3) is 0 Å². The van der Waals surface area contributed by atoms with Gasteiger partial charge in [-0.25, -0.2) is 0 Å². The van der Waals surface area contributed by atoms with Crippen LogP contribution in [-0.2, 0) is 11.2 Å². The van der Waals surface area contributed by atoms with Gasteiger partial charge >= 0.3 is 0 Å². The molecule has 0 saturated heterocycles. The average Bonchev–Trinajstić information content (AvgIpc) is 3.17. The molecule has 0 fully saturated rings. The molecule has 0 spiro atoms. The second-order valence-electron chi connectivity index (χ2n) is 5.60. The van der Waals surface area contributed by atoms with E-state index < -0.39 is 0 Å².